The zero-order chi connectivity index (χ0) is 20.7. The molecule has 2 aliphatic rings. The smallest absolute Gasteiger partial charge is 0.292 e. The second kappa shape index (κ2) is 7.52. The van der Waals surface area contributed by atoms with Crippen molar-refractivity contribution in [2.24, 2.45) is 15.9 Å². The highest BCUT2D eigenvalue weighted by atomic mass is 79.9. The van der Waals surface area contributed by atoms with E-state index >= 15 is 0 Å². The van der Waals surface area contributed by atoms with Gasteiger partial charge in [-0.1, -0.05) is 6.42 Å². The van der Waals surface area contributed by atoms with Gasteiger partial charge in [-0.25, -0.2) is 4.99 Å². The van der Waals surface area contributed by atoms with Gasteiger partial charge in [-0.2, -0.15) is 14.8 Å². The Morgan fingerprint density at radius 3 is 2.90 bits per heavy atom. The van der Waals surface area contributed by atoms with Crippen LogP contribution >= 0.6 is 15.9 Å². The molecular weight excluding hydrogens is 454 g/mol. The molecule has 0 bridgehead atoms. The number of hydrogen-bond donors (Lipinski definition) is 1. The summed E-state index contributed by atoms with van der Waals surface area (Å²) in [5, 5.41) is 7.23. The number of nitrogens with zero attached hydrogens (tertiary/aromatic N) is 4. The van der Waals surface area contributed by atoms with Crippen molar-refractivity contribution in [2.45, 2.75) is 25.7 Å². The fourth-order valence-corrected chi connectivity index (χ4v) is 3.91. The van der Waals surface area contributed by atoms with Gasteiger partial charge in [0.1, 0.15) is 11.5 Å². The number of carbonyl (C=O) groups is 2. The normalized spacial score (nSPS) is 18.6. The minimum absolute atomic E-state index is 0.120. The monoisotopic (exact) mass is 469 g/mol. The highest BCUT2D eigenvalue weighted by Gasteiger charge is 2.32. The zero-order valence-electron chi connectivity index (χ0n) is 15.7. The SMILES string of the molecule is O=C(Nc1cc(-c2ccco2)nn1C1=NC(=O)C2CCCCC2=N1)c1ccc(Br)o1. The summed E-state index contributed by atoms with van der Waals surface area (Å²) < 4.78 is 12.5. The lowest BCUT2D eigenvalue weighted by Gasteiger charge is -2.24. The highest BCUT2D eigenvalue weighted by molar-refractivity contribution is 9.10. The van der Waals surface area contributed by atoms with Gasteiger partial charge in [0.15, 0.2) is 16.2 Å². The number of nitrogens with one attached hydrogen (secondary N) is 1. The molecule has 10 heteroatoms. The molecule has 1 atom stereocenters. The van der Waals surface area contributed by atoms with Crippen LogP contribution in [0.1, 0.15) is 36.2 Å². The minimum atomic E-state index is -0.473. The lowest BCUT2D eigenvalue weighted by Crippen LogP contribution is -2.33. The van der Waals surface area contributed by atoms with Crippen molar-refractivity contribution in [1.29, 1.82) is 0 Å². The molecule has 1 saturated carbocycles. The van der Waals surface area contributed by atoms with Gasteiger partial charge in [0, 0.05) is 11.8 Å². The summed E-state index contributed by atoms with van der Waals surface area (Å²) in [6.07, 6.45) is 5.03. The molecule has 5 rings (SSSR count). The molecule has 30 heavy (non-hydrogen) atoms. The molecule has 3 aromatic heterocycles. The lowest BCUT2D eigenvalue weighted by molar-refractivity contribution is -0.120. The maximum Gasteiger partial charge on any atom is 0.292 e. The fourth-order valence-electron chi connectivity index (χ4n) is 3.60. The van der Waals surface area contributed by atoms with E-state index in [0.717, 1.165) is 31.4 Å². The van der Waals surface area contributed by atoms with Gasteiger partial charge < -0.3 is 14.2 Å². The third kappa shape index (κ3) is 3.43. The third-order valence-corrected chi connectivity index (χ3v) is 5.47. The van der Waals surface area contributed by atoms with Crippen molar-refractivity contribution in [3.63, 3.8) is 0 Å². The predicted octanol–water partition coefficient (Wildman–Crippen LogP) is 4.13. The second-order valence-corrected chi connectivity index (χ2v) is 7.79. The van der Waals surface area contributed by atoms with Crippen molar-refractivity contribution in [1.82, 2.24) is 9.78 Å². The van der Waals surface area contributed by atoms with Crippen LogP contribution in [0, 0.1) is 5.92 Å². The van der Waals surface area contributed by atoms with E-state index in [4.69, 9.17) is 8.83 Å². The van der Waals surface area contributed by atoms with Crippen molar-refractivity contribution in [3.05, 3.63) is 47.0 Å². The third-order valence-electron chi connectivity index (χ3n) is 5.04. The first-order valence-corrected chi connectivity index (χ1v) is 10.3. The van der Waals surface area contributed by atoms with Crippen molar-refractivity contribution in [3.8, 4) is 11.5 Å². The number of aromatic nitrogens is 2. The topological polar surface area (TPSA) is 115 Å². The van der Waals surface area contributed by atoms with Crippen LogP contribution in [0.3, 0.4) is 0 Å². The van der Waals surface area contributed by atoms with Crippen LogP contribution in [-0.2, 0) is 4.79 Å². The van der Waals surface area contributed by atoms with Gasteiger partial charge in [0.2, 0.25) is 0 Å². The molecular formula is C20H16BrN5O4. The molecule has 0 spiro atoms. The summed E-state index contributed by atoms with van der Waals surface area (Å²) in [7, 11) is 0. The van der Waals surface area contributed by atoms with E-state index in [1.165, 1.54) is 10.9 Å². The number of amides is 2. The summed E-state index contributed by atoms with van der Waals surface area (Å²) in [5.41, 5.74) is 1.29. The molecule has 3 aromatic rings. The molecule has 1 aliphatic carbocycles. The van der Waals surface area contributed by atoms with Gasteiger partial charge >= 0.3 is 0 Å². The first-order chi connectivity index (χ1) is 14.6. The van der Waals surface area contributed by atoms with Gasteiger partial charge in [0.25, 0.3) is 17.8 Å². The quantitative estimate of drug-likeness (QED) is 0.618. The fraction of sp³-hybridized carbons (Fsp3) is 0.250. The predicted molar refractivity (Wildman–Crippen MR) is 112 cm³/mol. The van der Waals surface area contributed by atoms with E-state index < -0.39 is 5.91 Å². The molecule has 1 N–H and O–H groups in total. The van der Waals surface area contributed by atoms with Crippen LogP contribution in [0.25, 0.3) is 11.5 Å². The van der Waals surface area contributed by atoms with Crippen LogP contribution in [-0.4, -0.2) is 33.3 Å². The Morgan fingerprint density at radius 1 is 1.23 bits per heavy atom. The minimum Gasteiger partial charge on any atom is -0.463 e. The van der Waals surface area contributed by atoms with Crippen LogP contribution in [0.5, 0.6) is 0 Å². The van der Waals surface area contributed by atoms with E-state index in [0.29, 0.717) is 21.9 Å². The maximum absolute atomic E-state index is 12.6. The van der Waals surface area contributed by atoms with Gasteiger partial charge in [0.05, 0.1) is 12.2 Å². The van der Waals surface area contributed by atoms with Gasteiger partial charge in [-0.3, -0.25) is 9.59 Å². The number of aliphatic imine (C=N–C) groups is 2. The van der Waals surface area contributed by atoms with Crippen molar-refractivity contribution >= 4 is 45.2 Å². The Kier molecular flexibility index (Phi) is 4.70. The largest absolute Gasteiger partial charge is 0.463 e. The summed E-state index contributed by atoms with van der Waals surface area (Å²) in [6, 6.07) is 8.29. The molecule has 0 saturated heterocycles. The molecule has 1 aliphatic heterocycles. The summed E-state index contributed by atoms with van der Waals surface area (Å²) in [6.45, 7) is 0. The molecule has 2 amide bonds. The number of fused-ring (bicyclic) bond motifs is 1. The lowest BCUT2D eigenvalue weighted by atomic mass is 9.86. The van der Waals surface area contributed by atoms with Crippen LogP contribution in [0.4, 0.5) is 5.82 Å². The second-order valence-electron chi connectivity index (χ2n) is 7.01. The number of halogens is 1. The van der Waals surface area contributed by atoms with E-state index in [1.54, 1.807) is 30.3 Å². The molecule has 4 heterocycles. The number of hydrogen-bond acceptors (Lipinski definition) is 6. The Balaban J connectivity index is 1.54. The van der Waals surface area contributed by atoms with Crippen molar-refractivity contribution in [2.75, 3.05) is 5.32 Å². The van der Waals surface area contributed by atoms with Crippen LogP contribution < -0.4 is 5.32 Å². The summed E-state index contributed by atoms with van der Waals surface area (Å²) in [4.78, 5) is 33.9. The zero-order valence-corrected chi connectivity index (χ0v) is 17.3. The first-order valence-electron chi connectivity index (χ1n) is 9.49. The number of anilines is 1. The molecule has 9 nitrogen and oxygen atoms in total. The Hall–Kier alpha value is -3.27. The van der Waals surface area contributed by atoms with E-state index in [1.807, 2.05) is 0 Å². The first kappa shape index (κ1) is 18.7. The maximum atomic E-state index is 12.6. The summed E-state index contributed by atoms with van der Waals surface area (Å²) in [5.74, 6) is 0.105. The molecule has 1 fully saturated rings. The molecule has 152 valence electrons. The van der Waals surface area contributed by atoms with E-state index in [9.17, 15) is 9.59 Å². The average Bonchev–Trinajstić information content (AvgIpc) is 3.48. The van der Waals surface area contributed by atoms with E-state index in [2.05, 4.69) is 36.3 Å². The van der Waals surface area contributed by atoms with Gasteiger partial charge in [-0.15, -0.1) is 0 Å². The van der Waals surface area contributed by atoms with Gasteiger partial charge in [-0.05, 0) is 59.5 Å². The Labute approximate surface area is 179 Å². The van der Waals surface area contributed by atoms with Crippen molar-refractivity contribution < 1.29 is 18.4 Å². The highest BCUT2D eigenvalue weighted by Crippen LogP contribution is 2.28. The molecule has 0 aromatic carbocycles. The van der Waals surface area contributed by atoms with E-state index in [-0.39, 0.29) is 23.5 Å². The molecule has 0 radical (unpaired) electrons. The Bertz CT molecular complexity index is 1190. The molecule has 1 unspecified atom stereocenters. The standard InChI is InChI=1S/C20H16BrN5O4/c21-16-8-7-15(30-16)19(28)23-17-10-13(14-6-3-9-29-14)25-26(17)20-22-12-5-2-1-4-11(12)18(27)24-20/h3,6-11H,1-2,4-5H2,(H,23,28). The summed E-state index contributed by atoms with van der Waals surface area (Å²) >= 11 is 3.18. The average molecular weight is 470 g/mol. The number of carbonyl (C=O) groups excluding carboxylic acids is 2. The van der Waals surface area contributed by atoms with Crippen LogP contribution in [0.15, 0.2) is 60.1 Å². The number of rotatable bonds is 3. The Morgan fingerprint density at radius 2 is 2.13 bits per heavy atom. The van der Waals surface area contributed by atoms with Crippen LogP contribution in [0.2, 0.25) is 0 Å². The number of furan rings is 2.